The van der Waals surface area contributed by atoms with Gasteiger partial charge in [0.25, 0.3) is 5.91 Å². The predicted octanol–water partition coefficient (Wildman–Crippen LogP) is 5.55. The van der Waals surface area contributed by atoms with Crippen LogP contribution in [0.25, 0.3) is 0 Å². The third-order valence-corrected chi connectivity index (χ3v) is 7.04. The number of hydrogen-bond acceptors (Lipinski definition) is 5. The van der Waals surface area contributed by atoms with Crippen molar-refractivity contribution >= 4 is 40.8 Å². The zero-order valence-corrected chi connectivity index (χ0v) is 17.1. The number of alkyl halides is 3. The Hall–Kier alpha value is -2.00. The van der Waals surface area contributed by atoms with Gasteiger partial charge in [0.1, 0.15) is 12.3 Å². The van der Waals surface area contributed by atoms with Gasteiger partial charge in [-0.3, -0.25) is 4.79 Å². The van der Waals surface area contributed by atoms with Crippen molar-refractivity contribution in [2.24, 2.45) is 0 Å². The van der Waals surface area contributed by atoms with Crippen molar-refractivity contribution in [3.05, 3.63) is 54.1 Å². The molecule has 0 aromatic heterocycles. The number of halogens is 3. The molecule has 2 aromatic carbocycles. The van der Waals surface area contributed by atoms with Gasteiger partial charge in [0.05, 0.1) is 16.0 Å². The summed E-state index contributed by atoms with van der Waals surface area (Å²) in [5.41, 5.74) is 1.69. The molecular formula is C20H21F3N2O2S2. The molecule has 3 rings (SSSR count). The van der Waals surface area contributed by atoms with E-state index in [1.165, 1.54) is 24.1 Å². The van der Waals surface area contributed by atoms with E-state index in [4.69, 9.17) is 4.74 Å². The Kier molecular flexibility index (Phi) is 7.60. The second-order valence-electron chi connectivity index (χ2n) is 6.35. The highest BCUT2D eigenvalue weighted by atomic mass is 32.2. The molecule has 1 heterocycles. The molecule has 1 saturated heterocycles. The van der Waals surface area contributed by atoms with E-state index >= 15 is 0 Å². The van der Waals surface area contributed by atoms with E-state index in [2.05, 4.69) is 10.6 Å². The number of para-hydroxylation sites is 2. The molecule has 1 aliphatic heterocycles. The van der Waals surface area contributed by atoms with Crippen molar-refractivity contribution in [3.63, 3.8) is 0 Å². The number of amides is 1. The number of thioether (sulfide) groups is 2. The Morgan fingerprint density at radius 2 is 1.69 bits per heavy atom. The highest BCUT2D eigenvalue weighted by molar-refractivity contribution is 8.16. The summed E-state index contributed by atoms with van der Waals surface area (Å²) in [6.07, 6.45) is -3.11. The van der Waals surface area contributed by atoms with E-state index < -0.39 is 18.6 Å². The molecule has 156 valence electrons. The quantitative estimate of drug-likeness (QED) is 0.589. The Morgan fingerprint density at radius 3 is 2.34 bits per heavy atom. The van der Waals surface area contributed by atoms with Crippen LogP contribution in [0, 0.1) is 0 Å². The SMILES string of the molecule is O=C(COc1ccc(C2SCCCS2)cc1)Nc1ccccc1NCC(F)(F)F. The van der Waals surface area contributed by atoms with Crippen LogP contribution in [0.2, 0.25) is 0 Å². The molecule has 4 nitrogen and oxygen atoms in total. The zero-order valence-electron chi connectivity index (χ0n) is 15.5. The smallest absolute Gasteiger partial charge is 0.405 e. The lowest BCUT2D eigenvalue weighted by Gasteiger charge is -2.21. The molecule has 2 aromatic rings. The van der Waals surface area contributed by atoms with Crippen LogP contribution < -0.4 is 15.4 Å². The van der Waals surface area contributed by atoms with Gasteiger partial charge < -0.3 is 15.4 Å². The molecule has 29 heavy (non-hydrogen) atoms. The van der Waals surface area contributed by atoms with Gasteiger partial charge in [0, 0.05) is 0 Å². The number of ether oxygens (including phenoxy) is 1. The molecule has 0 unspecified atom stereocenters. The van der Waals surface area contributed by atoms with E-state index in [1.54, 1.807) is 12.1 Å². The molecule has 1 amide bonds. The van der Waals surface area contributed by atoms with E-state index in [0.29, 0.717) is 10.3 Å². The number of carbonyl (C=O) groups is 1. The first kappa shape index (κ1) is 21.7. The molecule has 0 atom stereocenters. The fourth-order valence-electron chi connectivity index (χ4n) is 2.68. The highest BCUT2D eigenvalue weighted by Gasteiger charge is 2.27. The van der Waals surface area contributed by atoms with Gasteiger partial charge in [-0.05, 0) is 47.8 Å². The Balaban J connectivity index is 1.51. The third kappa shape index (κ3) is 7.08. The average molecular weight is 443 g/mol. The van der Waals surface area contributed by atoms with Crippen molar-refractivity contribution in [1.82, 2.24) is 0 Å². The molecule has 9 heteroatoms. The lowest BCUT2D eigenvalue weighted by Crippen LogP contribution is -2.24. The summed E-state index contributed by atoms with van der Waals surface area (Å²) in [4.78, 5) is 12.2. The van der Waals surface area contributed by atoms with E-state index in [9.17, 15) is 18.0 Å². The van der Waals surface area contributed by atoms with Crippen LogP contribution in [0.1, 0.15) is 16.6 Å². The van der Waals surface area contributed by atoms with Gasteiger partial charge in [0.15, 0.2) is 6.61 Å². The molecular weight excluding hydrogens is 421 g/mol. The van der Waals surface area contributed by atoms with Crippen molar-refractivity contribution in [2.45, 2.75) is 17.2 Å². The molecule has 0 aliphatic carbocycles. The molecule has 1 fully saturated rings. The van der Waals surface area contributed by atoms with E-state index in [0.717, 1.165) is 11.5 Å². The zero-order chi connectivity index (χ0) is 20.7. The molecule has 1 aliphatic rings. The maximum Gasteiger partial charge on any atom is 0.405 e. The molecule has 0 radical (unpaired) electrons. The van der Waals surface area contributed by atoms with Gasteiger partial charge in [0.2, 0.25) is 0 Å². The minimum Gasteiger partial charge on any atom is -0.484 e. The number of rotatable bonds is 7. The van der Waals surface area contributed by atoms with Crippen molar-refractivity contribution in [3.8, 4) is 5.75 Å². The Bertz CT molecular complexity index is 810. The van der Waals surface area contributed by atoms with Crippen molar-refractivity contribution in [1.29, 1.82) is 0 Å². The maximum absolute atomic E-state index is 12.4. The van der Waals surface area contributed by atoms with Crippen LogP contribution >= 0.6 is 23.5 Å². The third-order valence-electron chi connectivity index (χ3n) is 4.03. The number of carbonyl (C=O) groups excluding carboxylic acids is 1. The highest BCUT2D eigenvalue weighted by Crippen LogP contribution is 2.43. The summed E-state index contributed by atoms with van der Waals surface area (Å²) in [5.74, 6) is 2.44. The molecule has 0 spiro atoms. The Labute approximate surface area is 176 Å². The van der Waals surface area contributed by atoms with Crippen LogP contribution in [-0.4, -0.2) is 36.7 Å². The van der Waals surface area contributed by atoms with Crippen LogP contribution in [0.4, 0.5) is 24.5 Å². The summed E-state index contributed by atoms with van der Waals surface area (Å²) < 4.78 is 43.2. The van der Waals surface area contributed by atoms with E-state index in [1.807, 2.05) is 47.8 Å². The second-order valence-corrected chi connectivity index (χ2v) is 9.07. The lowest BCUT2D eigenvalue weighted by molar-refractivity contribution is -0.118. The number of anilines is 2. The summed E-state index contributed by atoms with van der Waals surface area (Å²) in [6.45, 7) is -1.42. The van der Waals surface area contributed by atoms with Crippen molar-refractivity contribution < 1.29 is 22.7 Å². The average Bonchev–Trinajstić information content (AvgIpc) is 2.72. The van der Waals surface area contributed by atoms with Gasteiger partial charge >= 0.3 is 6.18 Å². The topological polar surface area (TPSA) is 50.4 Å². The van der Waals surface area contributed by atoms with Crippen LogP contribution in [0.5, 0.6) is 5.75 Å². The number of benzene rings is 2. The summed E-state index contributed by atoms with van der Waals surface area (Å²) in [6, 6.07) is 13.9. The molecule has 0 saturated carbocycles. The summed E-state index contributed by atoms with van der Waals surface area (Å²) >= 11 is 3.86. The fraction of sp³-hybridized carbons (Fsp3) is 0.350. The summed E-state index contributed by atoms with van der Waals surface area (Å²) in [7, 11) is 0. The standard InChI is InChI=1S/C20H21F3N2O2S2/c21-20(22,23)13-24-16-4-1-2-5-17(16)25-18(26)12-27-15-8-6-14(7-9-15)19-28-10-3-11-29-19/h1-2,4-9,19,24H,3,10-13H2,(H,25,26). The lowest BCUT2D eigenvalue weighted by atomic mass is 10.2. The first-order valence-corrected chi connectivity index (χ1v) is 11.2. The fourth-order valence-corrected chi connectivity index (χ4v) is 5.57. The largest absolute Gasteiger partial charge is 0.484 e. The molecule has 0 bridgehead atoms. The number of hydrogen-bond donors (Lipinski definition) is 2. The van der Waals surface area contributed by atoms with Crippen molar-refractivity contribution in [2.75, 3.05) is 35.3 Å². The molecule has 2 N–H and O–H groups in total. The van der Waals surface area contributed by atoms with Gasteiger partial charge in [-0.2, -0.15) is 13.2 Å². The minimum absolute atomic E-state index is 0.199. The summed E-state index contributed by atoms with van der Waals surface area (Å²) in [5, 5.41) is 4.86. The first-order valence-electron chi connectivity index (χ1n) is 9.06. The predicted molar refractivity (Wildman–Crippen MR) is 114 cm³/mol. The van der Waals surface area contributed by atoms with Crippen LogP contribution in [-0.2, 0) is 4.79 Å². The minimum atomic E-state index is -4.35. The Morgan fingerprint density at radius 1 is 1.03 bits per heavy atom. The van der Waals surface area contributed by atoms with Crippen LogP contribution in [0.15, 0.2) is 48.5 Å². The van der Waals surface area contributed by atoms with Gasteiger partial charge in [-0.25, -0.2) is 0 Å². The second kappa shape index (κ2) is 10.2. The van der Waals surface area contributed by atoms with Gasteiger partial charge in [-0.1, -0.05) is 24.3 Å². The van der Waals surface area contributed by atoms with E-state index in [-0.39, 0.29) is 18.0 Å². The monoisotopic (exact) mass is 442 g/mol. The normalized spacial score (nSPS) is 15.0. The first-order chi connectivity index (χ1) is 13.9. The van der Waals surface area contributed by atoms with Gasteiger partial charge in [-0.15, -0.1) is 23.5 Å². The maximum atomic E-state index is 12.4. The van der Waals surface area contributed by atoms with Crippen LogP contribution in [0.3, 0.4) is 0 Å². The number of nitrogens with one attached hydrogen (secondary N) is 2.